The smallest absolute Gasteiger partial charge is 0.255 e. The summed E-state index contributed by atoms with van der Waals surface area (Å²) < 4.78 is 13.6. The fourth-order valence-electron chi connectivity index (χ4n) is 4.59. The van der Waals surface area contributed by atoms with E-state index < -0.39 is 23.8 Å². The Labute approximate surface area is 169 Å². The Bertz CT molecular complexity index is 994. The number of allylic oxidation sites excluding steroid dienone is 2. The maximum absolute atomic E-state index is 13.6. The van der Waals surface area contributed by atoms with Gasteiger partial charge in [-0.1, -0.05) is 36.4 Å². The zero-order valence-electron chi connectivity index (χ0n) is 16.1. The van der Waals surface area contributed by atoms with Crippen molar-refractivity contribution in [2.45, 2.75) is 43.7 Å². The summed E-state index contributed by atoms with van der Waals surface area (Å²) in [6, 6.07) is 14.4. The molecule has 1 N–H and O–H groups in total. The molecule has 1 fully saturated rings. The second-order valence-corrected chi connectivity index (χ2v) is 7.63. The van der Waals surface area contributed by atoms with Gasteiger partial charge in [-0.15, -0.1) is 0 Å². The molecular formula is C24H23FN2O2. The molecule has 148 valence electrons. The molecule has 1 aliphatic carbocycles. The van der Waals surface area contributed by atoms with Crippen LogP contribution < -0.4 is 0 Å². The summed E-state index contributed by atoms with van der Waals surface area (Å²) >= 11 is 0. The van der Waals surface area contributed by atoms with Gasteiger partial charge in [0.05, 0.1) is 18.7 Å². The van der Waals surface area contributed by atoms with E-state index in [1.807, 2.05) is 18.2 Å². The number of hydrogen-bond acceptors (Lipinski definition) is 3. The quantitative estimate of drug-likeness (QED) is 0.848. The Balaban J connectivity index is 1.69. The van der Waals surface area contributed by atoms with Crippen molar-refractivity contribution in [2.75, 3.05) is 6.61 Å². The van der Waals surface area contributed by atoms with E-state index >= 15 is 0 Å². The molecular weight excluding hydrogens is 367 g/mol. The lowest BCUT2D eigenvalue weighted by Crippen LogP contribution is -2.65. The maximum atomic E-state index is 13.6. The highest BCUT2D eigenvalue weighted by molar-refractivity contribution is 5.96. The molecule has 1 aliphatic heterocycles. The molecule has 1 saturated heterocycles. The number of hydrogen-bond donors (Lipinski definition) is 1. The van der Waals surface area contributed by atoms with Gasteiger partial charge in [0.2, 0.25) is 0 Å². The van der Waals surface area contributed by atoms with Crippen molar-refractivity contribution in [1.29, 1.82) is 5.26 Å². The van der Waals surface area contributed by atoms with Crippen molar-refractivity contribution in [3.05, 3.63) is 77.1 Å². The number of likely N-dealkylation sites (tertiary alicyclic amines) is 1. The Morgan fingerprint density at radius 1 is 1.21 bits per heavy atom. The highest BCUT2D eigenvalue weighted by atomic mass is 19.1. The number of benzene rings is 2. The van der Waals surface area contributed by atoms with E-state index in [9.17, 15) is 19.6 Å². The second-order valence-electron chi connectivity index (χ2n) is 7.63. The molecule has 3 atom stereocenters. The van der Waals surface area contributed by atoms with Gasteiger partial charge in [-0.25, -0.2) is 4.39 Å². The van der Waals surface area contributed by atoms with E-state index in [4.69, 9.17) is 0 Å². The van der Waals surface area contributed by atoms with E-state index in [1.165, 1.54) is 41.2 Å². The number of amides is 1. The molecule has 2 aromatic rings. The zero-order valence-corrected chi connectivity index (χ0v) is 16.1. The Morgan fingerprint density at radius 2 is 2.03 bits per heavy atom. The summed E-state index contributed by atoms with van der Waals surface area (Å²) in [4.78, 5) is 14.4. The Hall–Kier alpha value is -2.97. The Morgan fingerprint density at radius 3 is 2.72 bits per heavy atom. The van der Waals surface area contributed by atoms with E-state index in [0.717, 1.165) is 30.4 Å². The summed E-state index contributed by atoms with van der Waals surface area (Å²) in [5, 5.41) is 19.9. The van der Waals surface area contributed by atoms with E-state index in [1.54, 1.807) is 0 Å². The highest BCUT2D eigenvalue weighted by Crippen LogP contribution is 2.44. The van der Waals surface area contributed by atoms with Crippen molar-refractivity contribution in [3.63, 3.8) is 0 Å². The second kappa shape index (κ2) is 8.18. The minimum Gasteiger partial charge on any atom is -0.394 e. The van der Waals surface area contributed by atoms with Crippen LogP contribution in [0.25, 0.3) is 5.57 Å². The number of halogens is 1. The fraction of sp³-hybridized carbons (Fsp3) is 0.333. The number of carbonyl (C=O) groups excluding carboxylic acids is 1. The fourth-order valence-corrected chi connectivity index (χ4v) is 4.59. The predicted molar refractivity (Wildman–Crippen MR) is 108 cm³/mol. The lowest BCUT2D eigenvalue weighted by molar-refractivity contribution is -0.00595. The maximum Gasteiger partial charge on any atom is 0.255 e. The topological polar surface area (TPSA) is 64.3 Å². The minimum atomic E-state index is -0.701. The van der Waals surface area contributed by atoms with Crippen LogP contribution in [0.4, 0.5) is 4.39 Å². The molecule has 0 bridgehead atoms. The summed E-state index contributed by atoms with van der Waals surface area (Å²) in [5.41, 5.74) is 3.56. The molecule has 0 radical (unpaired) electrons. The summed E-state index contributed by atoms with van der Waals surface area (Å²) in [6.45, 7) is -0.253. The van der Waals surface area contributed by atoms with E-state index in [2.05, 4.69) is 18.2 Å². The molecule has 29 heavy (non-hydrogen) atoms. The average Bonchev–Trinajstić information content (AvgIpc) is 2.74. The lowest BCUT2D eigenvalue weighted by Gasteiger charge is -2.52. The first-order valence-electron chi connectivity index (χ1n) is 10.0. The standard InChI is InChI=1S/C24H23FN2O2/c25-18-10-6-9-17(13-18)24(29)27-21(14-26)23(22(27)15-28)20-12-5-4-11-19(20)16-7-2-1-3-8-16/h4-7,9-13,21-23,28H,1-3,8,15H2/t21-,22-,23-/m0/s1. The van der Waals surface area contributed by atoms with Gasteiger partial charge in [0.1, 0.15) is 11.9 Å². The number of aliphatic hydroxyl groups excluding tert-OH is 1. The van der Waals surface area contributed by atoms with Crippen LogP contribution in [0.1, 0.15) is 53.1 Å². The van der Waals surface area contributed by atoms with Gasteiger partial charge < -0.3 is 10.0 Å². The lowest BCUT2D eigenvalue weighted by atomic mass is 9.72. The minimum absolute atomic E-state index is 0.186. The molecule has 0 spiro atoms. The Kier molecular flexibility index (Phi) is 5.46. The third-order valence-corrected chi connectivity index (χ3v) is 5.99. The molecule has 0 unspecified atom stereocenters. The zero-order chi connectivity index (χ0) is 20.4. The van der Waals surface area contributed by atoms with Crippen molar-refractivity contribution >= 4 is 11.5 Å². The molecule has 4 nitrogen and oxygen atoms in total. The van der Waals surface area contributed by atoms with Crippen LogP contribution in [0.2, 0.25) is 0 Å². The van der Waals surface area contributed by atoms with Crippen LogP contribution in [0, 0.1) is 17.1 Å². The van der Waals surface area contributed by atoms with Crippen molar-refractivity contribution in [1.82, 2.24) is 4.90 Å². The van der Waals surface area contributed by atoms with E-state index in [0.29, 0.717) is 0 Å². The molecule has 5 heteroatoms. The van der Waals surface area contributed by atoms with Gasteiger partial charge in [-0.3, -0.25) is 4.79 Å². The van der Waals surface area contributed by atoms with Crippen molar-refractivity contribution < 1.29 is 14.3 Å². The third kappa shape index (κ3) is 3.45. The first-order valence-corrected chi connectivity index (χ1v) is 10.0. The summed E-state index contributed by atoms with van der Waals surface area (Å²) in [7, 11) is 0. The normalized spacial score (nSPS) is 23.7. The molecule has 0 saturated carbocycles. The summed E-state index contributed by atoms with van der Waals surface area (Å²) in [6.07, 6.45) is 6.62. The van der Waals surface area contributed by atoms with Gasteiger partial charge in [-0.2, -0.15) is 5.26 Å². The van der Waals surface area contributed by atoms with Crippen LogP contribution in [0.3, 0.4) is 0 Å². The molecule has 1 heterocycles. The van der Waals surface area contributed by atoms with Crippen LogP contribution >= 0.6 is 0 Å². The molecule has 4 rings (SSSR count). The molecule has 2 aromatic carbocycles. The molecule has 2 aliphatic rings. The highest BCUT2D eigenvalue weighted by Gasteiger charge is 2.52. The number of rotatable bonds is 4. The van der Waals surface area contributed by atoms with Gasteiger partial charge in [0.15, 0.2) is 0 Å². The monoisotopic (exact) mass is 390 g/mol. The van der Waals surface area contributed by atoms with E-state index in [-0.39, 0.29) is 18.1 Å². The first kappa shape index (κ1) is 19.4. The number of carbonyl (C=O) groups is 1. The largest absolute Gasteiger partial charge is 0.394 e. The van der Waals surface area contributed by atoms with Gasteiger partial charge in [0, 0.05) is 11.5 Å². The number of nitrogens with zero attached hydrogens (tertiary/aromatic N) is 2. The van der Waals surface area contributed by atoms with Crippen molar-refractivity contribution in [3.8, 4) is 6.07 Å². The first-order chi connectivity index (χ1) is 14.2. The van der Waals surface area contributed by atoms with Gasteiger partial charge >= 0.3 is 0 Å². The van der Waals surface area contributed by atoms with Crippen molar-refractivity contribution in [2.24, 2.45) is 0 Å². The predicted octanol–water partition coefficient (Wildman–Crippen LogP) is 4.28. The average molecular weight is 390 g/mol. The number of nitriles is 1. The third-order valence-electron chi connectivity index (χ3n) is 5.99. The van der Waals surface area contributed by atoms with Gasteiger partial charge in [-0.05, 0) is 60.6 Å². The van der Waals surface area contributed by atoms with Crippen LogP contribution in [0.5, 0.6) is 0 Å². The SMILES string of the molecule is N#C[C@H]1[C@H](c2ccccc2C2=CCCCC2)[C@H](CO)N1C(=O)c1cccc(F)c1. The summed E-state index contributed by atoms with van der Waals surface area (Å²) in [5.74, 6) is -1.21. The molecule has 1 amide bonds. The van der Waals surface area contributed by atoms with Crippen LogP contribution in [0.15, 0.2) is 54.6 Å². The van der Waals surface area contributed by atoms with Crippen LogP contribution in [-0.4, -0.2) is 34.6 Å². The van der Waals surface area contributed by atoms with Crippen LogP contribution in [-0.2, 0) is 0 Å². The number of aliphatic hydroxyl groups is 1. The molecule has 0 aromatic heterocycles. The van der Waals surface area contributed by atoms with Gasteiger partial charge in [0.25, 0.3) is 5.91 Å².